The number of carboxylic acid groups (broad SMARTS) is 1. The van der Waals surface area contributed by atoms with Crippen LogP contribution >= 0.6 is 0 Å². The number of benzene rings is 3. The fourth-order valence-corrected chi connectivity index (χ4v) is 3.42. The zero-order chi connectivity index (χ0) is 21.8. The van der Waals surface area contributed by atoms with Crippen molar-refractivity contribution in [1.29, 1.82) is 0 Å². The lowest BCUT2D eigenvalue weighted by Crippen LogP contribution is -2.04. The Morgan fingerprint density at radius 2 is 1.84 bits per heavy atom. The van der Waals surface area contributed by atoms with E-state index < -0.39 is 5.97 Å². The molecule has 0 atom stereocenters. The molecular weight excluding hydrogens is 394 g/mol. The molecule has 7 heteroatoms. The van der Waals surface area contributed by atoms with E-state index in [1.165, 1.54) is 0 Å². The van der Waals surface area contributed by atoms with Gasteiger partial charge < -0.3 is 20.3 Å². The van der Waals surface area contributed by atoms with Crippen molar-refractivity contribution in [2.45, 2.75) is 12.8 Å². The van der Waals surface area contributed by atoms with E-state index in [9.17, 15) is 4.79 Å². The van der Waals surface area contributed by atoms with Crippen LogP contribution in [-0.4, -0.2) is 34.3 Å². The molecule has 0 aliphatic carbocycles. The molecule has 0 aliphatic rings. The average molecular weight is 417 g/mol. The zero-order valence-electron chi connectivity index (χ0n) is 17.1. The number of hydrogen-bond acceptors (Lipinski definition) is 5. The summed E-state index contributed by atoms with van der Waals surface area (Å²) in [4.78, 5) is 15.6. The first-order valence-electron chi connectivity index (χ1n) is 9.93. The number of imidazole rings is 1. The van der Waals surface area contributed by atoms with Gasteiger partial charge in [0.2, 0.25) is 0 Å². The molecular formula is C24H23N3O4. The van der Waals surface area contributed by atoms with Crippen molar-refractivity contribution in [1.82, 2.24) is 9.55 Å². The van der Waals surface area contributed by atoms with Gasteiger partial charge in [-0.25, -0.2) is 4.98 Å². The third-order valence-corrected chi connectivity index (χ3v) is 4.94. The van der Waals surface area contributed by atoms with Gasteiger partial charge in [-0.1, -0.05) is 30.3 Å². The maximum absolute atomic E-state index is 10.7. The molecule has 158 valence electrons. The number of aliphatic carboxylic acids is 1. The Bertz CT molecular complexity index is 1200. The molecule has 3 N–H and O–H groups in total. The summed E-state index contributed by atoms with van der Waals surface area (Å²) in [5.41, 5.74) is 10.1. The van der Waals surface area contributed by atoms with Gasteiger partial charge in [-0.15, -0.1) is 0 Å². The number of hydrogen-bond donors (Lipinski definition) is 2. The summed E-state index contributed by atoms with van der Waals surface area (Å²) in [7, 11) is 1.63. The topological polar surface area (TPSA) is 99.6 Å². The molecule has 0 aliphatic heterocycles. The number of aromatic nitrogens is 2. The Labute approximate surface area is 179 Å². The van der Waals surface area contributed by atoms with E-state index in [-0.39, 0.29) is 13.0 Å². The van der Waals surface area contributed by atoms with Crippen molar-refractivity contribution in [3.05, 3.63) is 66.7 Å². The summed E-state index contributed by atoms with van der Waals surface area (Å²) in [6, 6.07) is 21.3. The molecule has 3 aromatic carbocycles. The minimum Gasteiger partial charge on any atom is -0.497 e. The van der Waals surface area contributed by atoms with E-state index in [1.54, 1.807) is 13.2 Å². The van der Waals surface area contributed by atoms with Crippen molar-refractivity contribution < 1.29 is 19.4 Å². The highest BCUT2D eigenvalue weighted by molar-refractivity contribution is 5.88. The maximum atomic E-state index is 10.7. The lowest BCUT2D eigenvalue weighted by atomic mass is 10.2. The maximum Gasteiger partial charge on any atom is 0.303 e. The van der Waals surface area contributed by atoms with Crippen LogP contribution in [0.3, 0.4) is 0 Å². The van der Waals surface area contributed by atoms with Gasteiger partial charge in [0.15, 0.2) is 0 Å². The molecule has 1 aromatic heterocycles. The molecule has 0 radical (unpaired) electrons. The molecule has 0 fully saturated rings. The van der Waals surface area contributed by atoms with Gasteiger partial charge in [0.25, 0.3) is 0 Å². The Morgan fingerprint density at radius 3 is 2.52 bits per heavy atom. The second kappa shape index (κ2) is 8.79. The van der Waals surface area contributed by atoms with Crippen LogP contribution in [-0.2, 0) is 4.79 Å². The summed E-state index contributed by atoms with van der Waals surface area (Å²) in [5.74, 6) is 1.20. The largest absolute Gasteiger partial charge is 0.497 e. The van der Waals surface area contributed by atoms with E-state index >= 15 is 0 Å². The first-order valence-corrected chi connectivity index (χ1v) is 9.93. The molecule has 4 rings (SSSR count). The standard InChI is InChI=1S/C24H23N3O4/c1-30-18-11-9-17(10-12-18)27-21-15-22(31-13-5-8-23(28)29)19(25)14-20(21)26-24(27)16-6-3-2-4-7-16/h2-4,6-7,9-12,14-15H,5,8,13,25H2,1H3,(H,28,29). The van der Waals surface area contributed by atoms with Crippen molar-refractivity contribution in [2.24, 2.45) is 0 Å². The van der Waals surface area contributed by atoms with Crippen LogP contribution in [0.15, 0.2) is 66.7 Å². The number of ether oxygens (including phenoxy) is 2. The summed E-state index contributed by atoms with van der Waals surface area (Å²) < 4.78 is 13.1. The molecule has 4 aromatic rings. The molecule has 0 saturated carbocycles. The number of methoxy groups -OCH3 is 1. The number of nitrogens with two attached hydrogens (primary N) is 1. The van der Waals surface area contributed by atoms with Crippen LogP contribution < -0.4 is 15.2 Å². The van der Waals surface area contributed by atoms with Crippen molar-refractivity contribution >= 4 is 22.7 Å². The van der Waals surface area contributed by atoms with Crippen LogP contribution in [0.1, 0.15) is 12.8 Å². The van der Waals surface area contributed by atoms with Crippen molar-refractivity contribution in [3.8, 4) is 28.6 Å². The Balaban J connectivity index is 1.82. The summed E-state index contributed by atoms with van der Waals surface area (Å²) in [6.45, 7) is 0.268. The highest BCUT2D eigenvalue weighted by atomic mass is 16.5. The SMILES string of the molecule is COc1ccc(-n2c(-c3ccccc3)nc3cc(N)c(OCCCC(=O)O)cc32)cc1. The molecule has 1 heterocycles. The number of rotatable bonds is 8. The van der Waals surface area contributed by atoms with Gasteiger partial charge >= 0.3 is 5.97 Å². The van der Waals surface area contributed by atoms with Crippen LogP contribution in [0.25, 0.3) is 28.1 Å². The summed E-state index contributed by atoms with van der Waals surface area (Å²) in [6.07, 6.45) is 0.448. The first-order chi connectivity index (χ1) is 15.1. The number of fused-ring (bicyclic) bond motifs is 1. The number of nitrogen functional groups attached to an aromatic ring is 1. The third-order valence-electron chi connectivity index (χ3n) is 4.94. The monoisotopic (exact) mass is 417 g/mol. The minimum atomic E-state index is -0.850. The van der Waals surface area contributed by atoms with Gasteiger partial charge in [0, 0.05) is 23.7 Å². The van der Waals surface area contributed by atoms with Crippen molar-refractivity contribution in [3.63, 3.8) is 0 Å². The van der Waals surface area contributed by atoms with Gasteiger partial charge in [-0.2, -0.15) is 0 Å². The molecule has 0 bridgehead atoms. The Kier molecular flexibility index (Phi) is 5.75. The second-order valence-corrected chi connectivity index (χ2v) is 7.06. The molecule has 7 nitrogen and oxygen atoms in total. The van der Waals surface area contributed by atoms with Gasteiger partial charge in [0.05, 0.1) is 30.4 Å². The molecule has 0 unspecified atom stereocenters. The highest BCUT2D eigenvalue weighted by Gasteiger charge is 2.17. The van der Waals surface area contributed by atoms with Crippen LogP contribution in [0.2, 0.25) is 0 Å². The van der Waals surface area contributed by atoms with Gasteiger partial charge in [0.1, 0.15) is 17.3 Å². The van der Waals surface area contributed by atoms with Crippen LogP contribution in [0, 0.1) is 0 Å². The van der Waals surface area contributed by atoms with E-state index in [0.29, 0.717) is 17.9 Å². The summed E-state index contributed by atoms with van der Waals surface area (Å²) >= 11 is 0. The number of carboxylic acids is 1. The Hall–Kier alpha value is -4.00. The predicted molar refractivity (Wildman–Crippen MR) is 120 cm³/mol. The summed E-state index contributed by atoms with van der Waals surface area (Å²) in [5, 5.41) is 8.82. The van der Waals surface area contributed by atoms with E-state index in [0.717, 1.165) is 33.9 Å². The molecule has 0 spiro atoms. The fourth-order valence-electron chi connectivity index (χ4n) is 3.42. The molecule has 0 saturated heterocycles. The first kappa shape index (κ1) is 20.3. The van der Waals surface area contributed by atoms with Crippen LogP contribution in [0.4, 0.5) is 5.69 Å². The van der Waals surface area contributed by atoms with Crippen molar-refractivity contribution in [2.75, 3.05) is 19.5 Å². The van der Waals surface area contributed by atoms with Gasteiger partial charge in [-0.05, 0) is 36.8 Å². The quantitative estimate of drug-likeness (QED) is 0.323. The zero-order valence-corrected chi connectivity index (χ0v) is 17.1. The number of anilines is 1. The minimum absolute atomic E-state index is 0.0457. The Morgan fingerprint density at radius 1 is 1.10 bits per heavy atom. The highest BCUT2D eigenvalue weighted by Crippen LogP contribution is 2.34. The van der Waals surface area contributed by atoms with E-state index in [4.69, 9.17) is 25.3 Å². The third kappa shape index (κ3) is 4.30. The fraction of sp³-hybridized carbons (Fsp3) is 0.167. The number of carbonyl (C=O) groups is 1. The molecule has 31 heavy (non-hydrogen) atoms. The predicted octanol–water partition coefficient (Wildman–Crippen LogP) is 4.53. The van der Waals surface area contributed by atoms with Crippen LogP contribution in [0.5, 0.6) is 11.5 Å². The number of nitrogens with zero attached hydrogens (tertiary/aromatic N) is 2. The molecule has 0 amide bonds. The van der Waals surface area contributed by atoms with Gasteiger partial charge in [-0.3, -0.25) is 9.36 Å². The average Bonchev–Trinajstić information content (AvgIpc) is 3.15. The second-order valence-electron chi connectivity index (χ2n) is 7.06. The lowest BCUT2D eigenvalue weighted by molar-refractivity contribution is -0.137. The smallest absolute Gasteiger partial charge is 0.303 e. The lowest BCUT2D eigenvalue weighted by Gasteiger charge is -2.12. The van der Waals surface area contributed by atoms with E-state index in [2.05, 4.69) is 0 Å². The van der Waals surface area contributed by atoms with E-state index in [1.807, 2.05) is 65.2 Å². The normalized spacial score (nSPS) is 10.9.